The molecule has 148 valence electrons. The molecule has 30 heavy (non-hydrogen) atoms. The molecule has 1 aliphatic heterocycles. The molecule has 5 rings (SSSR count). The zero-order valence-electron chi connectivity index (χ0n) is 16.3. The van der Waals surface area contributed by atoms with Gasteiger partial charge in [0.2, 0.25) is 5.82 Å². The number of fused-ring (bicyclic) bond motifs is 2. The third kappa shape index (κ3) is 3.27. The number of pyridine rings is 1. The van der Waals surface area contributed by atoms with Crippen molar-refractivity contribution in [3.63, 3.8) is 0 Å². The summed E-state index contributed by atoms with van der Waals surface area (Å²) in [5, 5.41) is 4.13. The van der Waals surface area contributed by atoms with E-state index < -0.39 is 0 Å². The van der Waals surface area contributed by atoms with Crippen molar-refractivity contribution in [2.75, 3.05) is 11.4 Å². The van der Waals surface area contributed by atoms with Crippen molar-refractivity contribution in [1.29, 1.82) is 0 Å². The molecule has 1 aliphatic rings. The Balaban J connectivity index is 1.57. The Morgan fingerprint density at radius 2 is 1.90 bits per heavy atom. The van der Waals surface area contributed by atoms with Gasteiger partial charge in [0.15, 0.2) is 0 Å². The predicted octanol–water partition coefficient (Wildman–Crippen LogP) is 5.32. The van der Waals surface area contributed by atoms with Gasteiger partial charge in [0.1, 0.15) is 5.69 Å². The van der Waals surface area contributed by atoms with Gasteiger partial charge >= 0.3 is 0 Å². The molecular formula is C23H18N4O2S. The maximum Gasteiger partial charge on any atom is 0.276 e. The van der Waals surface area contributed by atoms with Crippen molar-refractivity contribution in [3.8, 4) is 23.0 Å². The number of rotatable bonds is 4. The van der Waals surface area contributed by atoms with Crippen LogP contribution in [0, 0.1) is 0 Å². The molecule has 4 aromatic rings. The normalized spacial score (nSPS) is 13.0. The minimum Gasteiger partial charge on any atom is -0.332 e. The summed E-state index contributed by atoms with van der Waals surface area (Å²) in [5.41, 5.74) is 3.09. The van der Waals surface area contributed by atoms with Gasteiger partial charge in [-0.2, -0.15) is 4.98 Å². The van der Waals surface area contributed by atoms with Gasteiger partial charge in [0.05, 0.1) is 11.3 Å². The molecule has 2 aromatic heterocycles. The van der Waals surface area contributed by atoms with Crippen molar-refractivity contribution in [2.45, 2.75) is 23.1 Å². The zero-order valence-corrected chi connectivity index (χ0v) is 17.1. The summed E-state index contributed by atoms with van der Waals surface area (Å²) in [6.45, 7) is 2.73. The molecule has 0 unspecified atom stereocenters. The van der Waals surface area contributed by atoms with Gasteiger partial charge in [0, 0.05) is 28.1 Å². The van der Waals surface area contributed by atoms with E-state index in [9.17, 15) is 4.79 Å². The summed E-state index contributed by atoms with van der Waals surface area (Å²) < 4.78 is 5.41. The van der Waals surface area contributed by atoms with Crippen LogP contribution in [-0.4, -0.2) is 27.6 Å². The van der Waals surface area contributed by atoms with E-state index >= 15 is 0 Å². The van der Waals surface area contributed by atoms with Gasteiger partial charge in [-0.15, -0.1) is 0 Å². The summed E-state index contributed by atoms with van der Waals surface area (Å²) in [6.07, 6.45) is 2.56. The highest BCUT2D eigenvalue weighted by molar-refractivity contribution is 7.99. The minimum atomic E-state index is 0.0310. The van der Waals surface area contributed by atoms with Gasteiger partial charge in [-0.1, -0.05) is 42.0 Å². The number of aromatic nitrogens is 3. The van der Waals surface area contributed by atoms with Gasteiger partial charge in [-0.3, -0.25) is 9.78 Å². The number of benzene rings is 2. The lowest BCUT2D eigenvalue weighted by molar-refractivity contribution is 0.0984. The Morgan fingerprint density at radius 3 is 2.73 bits per heavy atom. The van der Waals surface area contributed by atoms with Crippen LogP contribution in [-0.2, 0) is 0 Å². The molecule has 0 spiro atoms. The number of amides is 1. The lowest BCUT2D eigenvalue weighted by Crippen LogP contribution is -2.31. The smallest absolute Gasteiger partial charge is 0.276 e. The van der Waals surface area contributed by atoms with E-state index in [-0.39, 0.29) is 5.91 Å². The van der Waals surface area contributed by atoms with Crippen LogP contribution >= 0.6 is 11.8 Å². The van der Waals surface area contributed by atoms with Crippen molar-refractivity contribution in [3.05, 3.63) is 72.4 Å². The fraction of sp³-hybridized carbons (Fsp3) is 0.130. The highest BCUT2D eigenvalue weighted by Gasteiger charge is 2.27. The van der Waals surface area contributed by atoms with Crippen LogP contribution in [0.2, 0.25) is 0 Å². The summed E-state index contributed by atoms with van der Waals surface area (Å²) in [4.78, 5) is 25.7. The summed E-state index contributed by atoms with van der Waals surface area (Å²) in [7, 11) is 0. The van der Waals surface area contributed by atoms with E-state index in [0.29, 0.717) is 24.0 Å². The second-order valence-corrected chi connectivity index (χ2v) is 7.96. The number of carbonyl (C=O) groups excluding carboxylic acids is 1. The zero-order chi connectivity index (χ0) is 20.5. The third-order valence-electron chi connectivity index (χ3n) is 4.85. The van der Waals surface area contributed by atoms with Crippen molar-refractivity contribution < 1.29 is 9.32 Å². The molecule has 0 bridgehead atoms. The molecule has 0 fully saturated rings. The van der Waals surface area contributed by atoms with Crippen LogP contribution in [0.5, 0.6) is 0 Å². The molecule has 0 saturated carbocycles. The standard InChI is InChI=1S/C23H18N4O2S/c1-2-13-27-18-11-10-15(21-25-22(29-26-21)17-8-5-6-12-24-17)14-20(18)30-19-9-4-3-7-16(19)23(27)28/h3-12,14H,2,13H2,1H3. The topological polar surface area (TPSA) is 72.1 Å². The molecule has 3 heterocycles. The number of nitrogens with zero attached hydrogens (tertiary/aromatic N) is 4. The first-order chi connectivity index (χ1) is 14.7. The van der Waals surface area contributed by atoms with Gasteiger partial charge in [-0.25, -0.2) is 0 Å². The molecule has 6 nitrogen and oxygen atoms in total. The first-order valence-corrected chi connectivity index (χ1v) is 10.5. The molecule has 2 aromatic carbocycles. The average Bonchev–Trinajstić information content (AvgIpc) is 3.25. The summed E-state index contributed by atoms with van der Waals surface area (Å²) in [5.74, 6) is 0.898. The van der Waals surface area contributed by atoms with Crippen LogP contribution in [0.4, 0.5) is 5.69 Å². The summed E-state index contributed by atoms with van der Waals surface area (Å²) in [6, 6.07) is 19.2. The first kappa shape index (κ1) is 18.6. The lowest BCUT2D eigenvalue weighted by atomic mass is 10.1. The highest BCUT2D eigenvalue weighted by Crippen LogP contribution is 2.43. The molecule has 0 saturated heterocycles. The SMILES string of the molecule is CCCN1C(=O)c2ccccc2Sc2cc(-c3noc(-c4ccccn4)n3)ccc21. The Bertz CT molecular complexity index is 1220. The Kier molecular flexibility index (Phi) is 4.80. The van der Waals surface area contributed by atoms with Gasteiger partial charge < -0.3 is 9.42 Å². The predicted molar refractivity (Wildman–Crippen MR) is 115 cm³/mol. The van der Waals surface area contributed by atoms with Crippen LogP contribution in [0.3, 0.4) is 0 Å². The number of carbonyl (C=O) groups is 1. The van der Waals surface area contributed by atoms with Crippen molar-refractivity contribution >= 4 is 23.4 Å². The monoisotopic (exact) mass is 414 g/mol. The second kappa shape index (κ2) is 7.76. The Hall–Kier alpha value is -3.45. The molecule has 7 heteroatoms. The average molecular weight is 414 g/mol. The van der Waals surface area contributed by atoms with E-state index in [1.165, 1.54) is 0 Å². The van der Waals surface area contributed by atoms with Crippen molar-refractivity contribution in [1.82, 2.24) is 15.1 Å². The maximum atomic E-state index is 13.2. The quantitative estimate of drug-likeness (QED) is 0.450. The molecular weight excluding hydrogens is 396 g/mol. The van der Waals surface area contributed by atoms with E-state index in [2.05, 4.69) is 22.0 Å². The number of hydrogen-bond donors (Lipinski definition) is 0. The first-order valence-electron chi connectivity index (χ1n) is 9.73. The Labute approximate surface area is 178 Å². The molecule has 0 atom stereocenters. The van der Waals surface area contributed by atoms with Crippen LogP contribution in [0.1, 0.15) is 23.7 Å². The fourth-order valence-corrected chi connectivity index (χ4v) is 4.56. The summed E-state index contributed by atoms with van der Waals surface area (Å²) >= 11 is 1.59. The van der Waals surface area contributed by atoms with Crippen molar-refractivity contribution in [2.24, 2.45) is 0 Å². The molecule has 1 amide bonds. The number of anilines is 1. The molecule has 0 aliphatic carbocycles. The van der Waals surface area contributed by atoms with E-state index in [0.717, 1.165) is 33.0 Å². The third-order valence-corrected chi connectivity index (χ3v) is 5.97. The van der Waals surface area contributed by atoms with Crippen LogP contribution in [0.15, 0.2) is 81.2 Å². The van der Waals surface area contributed by atoms with Gasteiger partial charge in [-0.05, 0) is 48.9 Å². The minimum absolute atomic E-state index is 0.0310. The van der Waals surface area contributed by atoms with E-state index in [1.807, 2.05) is 65.6 Å². The second-order valence-electron chi connectivity index (χ2n) is 6.88. The highest BCUT2D eigenvalue weighted by atomic mass is 32.2. The van der Waals surface area contributed by atoms with Crippen LogP contribution < -0.4 is 4.90 Å². The van der Waals surface area contributed by atoms with Gasteiger partial charge in [0.25, 0.3) is 11.8 Å². The lowest BCUT2D eigenvalue weighted by Gasteiger charge is -2.22. The molecule has 0 radical (unpaired) electrons. The fourth-order valence-electron chi connectivity index (χ4n) is 3.44. The Morgan fingerprint density at radius 1 is 1.03 bits per heavy atom. The maximum absolute atomic E-state index is 13.2. The largest absolute Gasteiger partial charge is 0.332 e. The van der Waals surface area contributed by atoms with Crippen LogP contribution in [0.25, 0.3) is 23.0 Å². The molecule has 0 N–H and O–H groups in total. The van der Waals surface area contributed by atoms with E-state index in [4.69, 9.17) is 4.52 Å². The van der Waals surface area contributed by atoms with E-state index in [1.54, 1.807) is 18.0 Å². The number of hydrogen-bond acceptors (Lipinski definition) is 6.